The predicted molar refractivity (Wildman–Crippen MR) is 115 cm³/mol. The van der Waals surface area contributed by atoms with Gasteiger partial charge in [-0.25, -0.2) is 17.2 Å². The first-order valence-corrected chi connectivity index (χ1v) is 11.8. The molecule has 0 saturated carbocycles. The second-order valence-electron chi connectivity index (χ2n) is 8.64. The fraction of sp³-hybridized carbons (Fsp3) is 0.409. The molecule has 1 aliphatic heterocycles. The van der Waals surface area contributed by atoms with Crippen molar-refractivity contribution in [3.8, 4) is 0 Å². The zero-order chi connectivity index (χ0) is 23.2. The highest BCUT2D eigenvalue weighted by Gasteiger charge is 2.52. The number of hydrogen-bond donors (Lipinski definition) is 0. The third kappa shape index (κ3) is 4.73. The van der Waals surface area contributed by atoms with Gasteiger partial charge in [0, 0.05) is 17.4 Å². The summed E-state index contributed by atoms with van der Waals surface area (Å²) in [6.45, 7) is 8.94. The number of sulfone groups is 1. The van der Waals surface area contributed by atoms with Gasteiger partial charge in [0.2, 0.25) is 0 Å². The van der Waals surface area contributed by atoms with E-state index in [0.717, 1.165) is 12.1 Å². The second kappa shape index (κ2) is 8.11. The Labute approximate surface area is 181 Å². The Balaban J connectivity index is 2.11. The van der Waals surface area contributed by atoms with Crippen molar-refractivity contribution in [3.05, 3.63) is 64.7 Å². The topological polar surface area (TPSA) is 69.7 Å². The SMILES string of the molecule is CCS(=O)(=O)Cc1ccc(C(=O)c2ccc(F)cc2F)c(B2OC(C)(C)C(C)(C)O2)c1. The number of benzene rings is 2. The molecule has 0 atom stereocenters. The summed E-state index contributed by atoms with van der Waals surface area (Å²) in [5.74, 6) is -2.69. The molecule has 1 fully saturated rings. The van der Waals surface area contributed by atoms with E-state index in [1.165, 1.54) is 12.1 Å². The average Bonchev–Trinajstić information content (AvgIpc) is 2.88. The molecule has 166 valence electrons. The van der Waals surface area contributed by atoms with E-state index in [9.17, 15) is 22.0 Å². The van der Waals surface area contributed by atoms with Crippen LogP contribution in [0.2, 0.25) is 0 Å². The Hall–Kier alpha value is -2.10. The maximum absolute atomic E-state index is 14.3. The largest absolute Gasteiger partial charge is 0.495 e. The predicted octanol–water partition coefficient (Wildman–Crippen LogP) is 3.43. The van der Waals surface area contributed by atoms with Crippen LogP contribution < -0.4 is 5.46 Å². The highest BCUT2D eigenvalue weighted by Crippen LogP contribution is 2.37. The number of carbonyl (C=O) groups is 1. The van der Waals surface area contributed by atoms with E-state index in [4.69, 9.17) is 9.31 Å². The van der Waals surface area contributed by atoms with Crippen molar-refractivity contribution in [1.29, 1.82) is 0 Å². The Morgan fingerprint density at radius 2 is 1.55 bits per heavy atom. The van der Waals surface area contributed by atoms with Crippen LogP contribution in [0.5, 0.6) is 0 Å². The summed E-state index contributed by atoms with van der Waals surface area (Å²) in [5, 5.41) is 0. The summed E-state index contributed by atoms with van der Waals surface area (Å²) < 4.78 is 63.9. The lowest BCUT2D eigenvalue weighted by molar-refractivity contribution is 0.00578. The Morgan fingerprint density at radius 1 is 0.968 bits per heavy atom. The van der Waals surface area contributed by atoms with Gasteiger partial charge in [0.1, 0.15) is 11.6 Å². The van der Waals surface area contributed by atoms with Gasteiger partial charge in [0.25, 0.3) is 0 Å². The molecule has 0 amide bonds. The minimum atomic E-state index is -3.32. The lowest BCUT2D eigenvalue weighted by Gasteiger charge is -2.32. The van der Waals surface area contributed by atoms with Gasteiger partial charge in [-0.15, -0.1) is 0 Å². The zero-order valence-corrected chi connectivity index (χ0v) is 19.0. The van der Waals surface area contributed by atoms with E-state index in [-0.39, 0.29) is 22.6 Å². The molecule has 1 saturated heterocycles. The number of ketones is 1. The van der Waals surface area contributed by atoms with E-state index in [0.29, 0.717) is 17.1 Å². The smallest absolute Gasteiger partial charge is 0.399 e. The molecule has 1 heterocycles. The van der Waals surface area contributed by atoms with Gasteiger partial charge < -0.3 is 9.31 Å². The normalized spacial score (nSPS) is 17.7. The first-order valence-electron chi connectivity index (χ1n) is 9.95. The van der Waals surface area contributed by atoms with Crippen molar-refractivity contribution < 1.29 is 31.3 Å². The zero-order valence-electron chi connectivity index (χ0n) is 18.2. The molecule has 0 radical (unpaired) electrons. The lowest BCUT2D eigenvalue weighted by atomic mass is 9.73. The van der Waals surface area contributed by atoms with Gasteiger partial charge in [-0.1, -0.05) is 25.1 Å². The molecule has 3 rings (SSSR count). The molecule has 0 unspecified atom stereocenters. The van der Waals surface area contributed by atoms with Crippen LogP contribution >= 0.6 is 0 Å². The van der Waals surface area contributed by atoms with Crippen molar-refractivity contribution in [2.75, 3.05) is 5.75 Å². The van der Waals surface area contributed by atoms with Gasteiger partial charge in [0.05, 0.1) is 22.5 Å². The summed E-state index contributed by atoms with van der Waals surface area (Å²) in [4.78, 5) is 13.1. The van der Waals surface area contributed by atoms with Crippen molar-refractivity contribution in [3.63, 3.8) is 0 Å². The fourth-order valence-electron chi connectivity index (χ4n) is 3.25. The van der Waals surface area contributed by atoms with Gasteiger partial charge in [-0.2, -0.15) is 0 Å². The molecule has 0 bridgehead atoms. The average molecular weight is 450 g/mol. The number of rotatable bonds is 6. The molecular formula is C22H25BF2O5S. The Bertz CT molecular complexity index is 1110. The van der Waals surface area contributed by atoms with Crippen LogP contribution in [0.3, 0.4) is 0 Å². The molecule has 0 spiro atoms. The summed E-state index contributed by atoms with van der Waals surface area (Å²) >= 11 is 0. The van der Waals surface area contributed by atoms with Crippen LogP contribution in [-0.4, -0.2) is 38.3 Å². The molecular weight excluding hydrogens is 425 g/mol. The Morgan fingerprint density at radius 3 is 2.10 bits per heavy atom. The number of hydrogen-bond acceptors (Lipinski definition) is 5. The molecule has 1 aliphatic rings. The summed E-state index contributed by atoms with van der Waals surface area (Å²) in [6, 6.07) is 7.22. The van der Waals surface area contributed by atoms with Crippen LogP contribution in [0.4, 0.5) is 8.78 Å². The van der Waals surface area contributed by atoms with Crippen LogP contribution in [-0.2, 0) is 24.9 Å². The Kier molecular flexibility index (Phi) is 6.17. The lowest BCUT2D eigenvalue weighted by Crippen LogP contribution is -2.41. The molecule has 31 heavy (non-hydrogen) atoms. The van der Waals surface area contributed by atoms with Crippen molar-refractivity contribution in [1.82, 2.24) is 0 Å². The summed E-state index contributed by atoms with van der Waals surface area (Å²) in [7, 11) is -4.28. The molecule has 9 heteroatoms. The minimum absolute atomic E-state index is 0.0275. The number of halogens is 2. The van der Waals surface area contributed by atoms with Gasteiger partial charge in [0.15, 0.2) is 15.6 Å². The van der Waals surface area contributed by atoms with E-state index in [1.807, 2.05) is 27.7 Å². The van der Waals surface area contributed by atoms with Gasteiger partial charge in [-0.05, 0) is 50.9 Å². The van der Waals surface area contributed by atoms with Crippen molar-refractivity contribution in [2.24, 2.45) is 0 Å². The van der Waals surface area contributed by atoms with Gasteiger partial charge >= 0.3 is 7.12 Å². The van der Waals surface area contributed by atoms with Gasteiger partial charge in [-0.3, -0.25) is 4.79 Å². The van der Waals surface area contributed by atoms with E-state index < -0.39 is 45.6 Å². The molecule has 2 aromatic rings. The monoisotopic (exact) mass is 450 g/mol. The standard InChI is InChI=1S/C22H25BF2O5S/c1-6-31(27,28)13-14-7-9-16(20(26)17-10-8-15(24)12-19(17)25)18(11-14)23-29-21(2,3)22(4,5)30-23/h7-12H,6,13H2,1-5H3. The summed E-state index contributed by atoms with van der Waals surface area (Å²) in [5.41, 5.74) is -0.844. The highest BCUT2D eigenvalue weighted by molar-refractivity contribution is 7.90. The summed E-state index contributed by atoms with van der Waals surface area (Å²) in [6.07, 6.45) is 0. The molecule has 0 N–H and O–H groups in total. The third-order valence-corrected chi connectivity index (χ3v) is 7.52. The number of carbonyl (C=O) groups excluding carboxylic acids is 1. The van der Waals surface area contributed by atoms with E-state index in [2.05, 4.69) is 0 Å². The van der Waals surface area contributed by atoms with Crippen LogP contribution in [0.1, 0.15) is 56.1 Å². The fourth-order valence-corrected chi connectivity index (χ4v) is 4.14. The van der Waals surface area contributed by atoms with Crippen molar-refractivity contribution in [2.45, 2.75) is 51.6 Å². The van der Waals surface area contributed by atoms with Crippen LogP contribution in [0, 0.1) is 11.6 Å². The maximum Gasteiger partial charge on any atom is 0.495 e. The first kappa shape index (κ1) is 23.6. The first-order chi connectivity index (χ1) is 14.3. The molecule has 5 nitrogen and oxygen atoms in total. The van der Waals surface area contributed by atoms with E-state index >= 15 is 0 Å². The maximum atomic E-state index is 14.3. The highest BCUT2D eigenvalue weighted by atomic mass is 32.2. The van der Waals surface area contributed by atoms with Crippen molar-refractivity contribution >= 4 is 28.2 Å². The molecule has 0 aliphatic carbocycles. The molecule has 0 aromatic heterocycles. The van der Waals surface area contributed by atoms with Crippen LogP contribution in [0.15, 0.2) is 36.4 Å². The minimum Gasteiger partial charge on any atom is -0.399 e. The van der Waals surface area contributed by atoms with E-state index in [1.54, 1.807) is 13.0 Å². The van der Waals surface area contributed by atoms with Crippen LogP contribution in [0.25, 0.3) is 0 Å². The molecule has 2 aromatic carbocycles. The quantitative estimate of drug-likeness (QED) is 0.498. The third-order valence-electron chi connectivity index (χ3n) is 5.87. The second-order valence-corrected chi connectivity index (χ2v) is 11.0.